The van der Waals surface area contributed by atoms with E-state index in [1.54, 1.807) is 6.92 Å². The van der Waals surface area contributed by atoms with E-state index in [2.05, 4.69) is 22.2 Å². The van der Waals surface area contributed by atoms with Gasteiger partial charge in [-0.2, -0.15) is 10.2 Å². The predicted octanol–water partition coefficient (Wildman–Crippen LogP) is 1.98. The van der Waals surface area contributed by atoms with Crippen LogP contribution in [0.2, 0.25) is 0 Å². The first-order valence-corrected chi connectivity index (χ1v) is 9.39. The van der Waals surface area contributed by atoms with Gasteiger partial charge in [-0.25, -0.2) is 4.79 Å². The molecule has 1 aromatic heterocycles. The van der Waals surface area contributed by atoms with Crippen molar-refractivity contribution in [1.82, 2.24) is 15.3 Å². The molecule has 24 heavy (non-hydrogen) atoms. The van der Waals surface area contributed by atoms with E-state index in [1.165, 1.54) is 25.7 Å². The van der Waals surface area contributed by atoms with E-state index >= 15 is 0 Å². The van der Waals surface area contributed by atoms with E-state index in [-0.39, 0.29) is 17.7 Å². The van der Waals surface area contributed by atoms with Crippen LogP contribution in [0.1, 0.15) is 43.9 Å². The molecule has 128 valence electrons. The first-order chi connectivity index (χ1) is 11.5. The molecule has 0 radical (unpaired) electrons. The third kappa shape index (κ3) is 3.48. The lowest BCUT2D eigenvalue weighted by Gasteiger charge is -2.28. The van der Waals surface area contributed by atoms with Gasteiger partial charge in [-0.3, -0.25) is 4.79 Å². The SMILES string of the molecule is Cc1[nH]c(=O)nc(SCC(=O)NC(C)C2CC3CCC2C3)c1C#N. The molecular weight excluding hydrogens is 324 g/mol. The fraction of sp³-hybridized carbons (Fsp3) is 0.647. The molecule has 2 aliphatic rings. The van der Waals surface area contributed by atoms with Gasteiger partial charge in [-0.15, -0.1) is 0 Å². The van der Waals surface area contributed by atoms with Crippen LogP contribution in [0.5, 0.6) is 0 Å². The van der Waals surface area contributed by atoms with Gasteiger partial charge in [-0.05, 0) is 50.9 Å². The quantitative estimate of drug-likeness (QED) is 0.627. The van der Waals surface area contributed by atoms with Crippen molar-refractivity contribution in [2.24, 2.45) is 17.8 Å². The van der Waals surface area contributed by atoms with Crippen LogP contribution in [0.3, 0.4) is 0 Å². The number of nitriles is 1. The Morgan fingerprint density at radius 2 is 2.29 bits per heavy atom. The Kier molecular flexibility index (Phi) is 4.95. The second kappa shape index (κ2) is 6.98. The van der Waals surface area contributed by atoms with Gasteiger partial charge in [0.1, 0.15) is 16.7 Å². The molecule has 2 fully saturated rings. The Bertz CT molecular complexity index is 739. The molecule has 2 bridgehead atoms. The van der Waals surface area contributed by atoms with Gasteiger partial charge in [-0.1, -0.05) is 18.2 Å². The van der Waals surface area contributed by atoms with Crippen LogP contribution >= 0.6 is 11.8 Å². The number of thioether (sulfide) groups is 1. The summed E-state index contributed by atoms with van der Waals surface area (Å²) in [5, 5.41) is 12.6. The first kappa shape index (κ1) is 17.0. The van der Waals surface area contributed by atoms with Gasteiger partial charge in [0.2, 0.25) is 5.91 Å². The Balaban J connectivity index is 1.56. The van der Waals surface area contributed by atoms with Crippen LogP contribution in [0.25, 0.3) is 0 Å². The minimum atomic E-state index is -0.496. The number of H-pyrrole nitrogens is 1. The van der Waals surface area contributed by atoms with Crippen molar-refractivity contribution in [3.8, 4) is 6.07 Å². The number of nitrogens with zero attached hydrogens (tertiary/aromatic N) is 2. The largest absolute Gasteiger partial charge is 0.353 e. The topological polar surface area (TPSA) is 98.6 Å². The number of carbonyl (C=O) groups is 1. The molecule has 0 aliphatic heterocycles. The highest BCUT2D eigenvalue weighted by atomic mass is 32.2. The van der Waals surface area contributed by atoms with Crippen molar-refractivity contribution in [1.29, 1.82) is 5.26 Å². The fourth-order valence-corrected chi connectivity index (χ4v) is 5.08. The van der Waals surface area contributed by atoms with Crippen LogP contribution in [0.4, 0.5) is 0 Å². The summed E-state index contributed by atoms with van der Waals surface area (Å²) in [6.45, 7) is 3.74. The maximum Gasteiger partial charge on any atom is 0.346 e. The Morgan fingerprint density at radius 3 is 2.92 bits per heavy atom. The normalized spacial score (nSPS) is 26.1. The lowest BCUT2D eigenvalue weighted by Crippen LogP contribution is -2.41. The highest BCUT2D eigenvalue weighted by Gasteiger charge is 2.42. The second-order valence-electron chi connectivity index (χ2n) is 6.94. The number of carbonyl (C=O) groups excluding carboxylic acids is 1. The zero-order valence-electron chi connectivity index (χ0n) is 14.0. The van der Waals surface area contributed by atoms with E-state index in [4.69, 9.17) is 0 Å². The van der Waals surface area contributed by atoms with Crippen molar-refractivity contribution in [3.05, 3.63) is 21.7 Å². The summed E-state index contributed by atoms with van der Waals surface area (Å²) in [4.78, 5) is 30.0. The molecule has 4 unspecified atom stereocenters. The van der Waals surface area contributed by atoms with E-state index in [0.29, 0.717) is 22.2 Å². The van der Waals surface area contributed by atoms with Crippen LogP contribution < -0.4 is 11.0 Å². The summed E-state index contributed by atoms with van der Waals surface area (Å²) in [5.41, 5.74) is 0.314. The molecule has 1 aromatic rings. The molecule has 4 atom stereocenters. The Labute approximate surface area is 145 Å². The summed E-state index contributed by atoms with van der Waals surface area (Å²) in [7, 11) is 0. The van der Waals surface area contributed by atoms with Gasteiger partial charge in [0.25, 0.3) is 0 Å². The first-order valence-electron chi connectivity index (χ1n) is 8.41. The molecule has 6 nitrogen and oxygen atoms in total. The van der Waals surface area contributed by atoms with Gasteiger partial charge in [0, 0.05) is 11.7 Å². The highest BCUT2D eigenvalue weighted by Crippen LogP contribution is 2.49. The lowest BCUT2D eigenvalue weighted by molar-refractivity contribution is -0.119. The van der Waals surface area contributed by atoms with Crippen molar-refractivity contribution in [2.45, 2.75) is 50.6 Å². The third-order valence-corrected chi connectivity index (χ3v) is 6.34. The fourth-order valence-electron chi connectivity index (χ4n) is 4.24. The summed E-state index contributed by atoms with van der Waals surface area (Å²) >= 11 is 1.14. The minimum absolute atomic E-state index is 0.0705. The van der Waals surface area contributed by atoms with Crippen LogP contribution in [0.15, 0.2) is 9.82 Å². The average molecular weight is 346 g/mol. The maximum atomic E-state index is 12.2. The standard InChI is InChI=1S/C17H22N4O2S/c1-9(13-6-11-3-4-12(13)5-11)19-15(22)8-24-16-14(7-18)10(2)20-17(23)21-16/h9,11-13H,3-6,8H2,1-2H3,(H,19,22)(H,20,21,23). The third-order valence-electron chi connectivity index (χ3n) is 5.36. The molecule has 0 saturated heterocycles. The zero-order chi connectivity index (χ0) is 17.3. The number of rotatable bonds is 5. The Morgan fingerprint density at radius 1 is 1.50 bits per heavy atom. The summed E-state index contributed by atoms with van der Waals surface area (Å²) < 4.78 is 0. The molecule has 3 rings (SSSR count). The number of aryl methyl sites for hydroxylation is 1. The lowest BCUT2D eigenvalue weighted by atomic mass is 9.84. The molecule has 7 heteroatoms. The van der Waals surface area contributed by atoms with E-state index < -0.39 is 5.69 Å². The molecule has 2 saturated carbocycles. The zero-order valence-corrected chi connectivity index (χ0v) is 14.8. The molecule has 1 heterocycles. The average Bonchev–Trinajstić information content (AvgIpc) is 3.15. The molecule has 0 spiro atoms. The van der Waals surface area contributed by atoms with Crippen molar-refractivity contribution < 1.29 is 4.79 Å². The Hall–Kier alpha value is -1.81. The number of aromatic amines is 1. The van der Waals surface area contributed by atoms with Crippen molar-refractivity contribution in [3.63, 3.8) is 0 Å². The van der Waals surface area contributed by atoms with E-state index in [0.717, 1.165) is 23.6 Å². The van der Waals surface area contributed by atoms with E-state index in [9.17, 15) is 14.9 Å². The van der Waals surface area contributed by atoms with Gasteiger partial charge in [0.05, 0.1) is 5.75 Å². The van der Waals surface area contributed by atoms with Crippen molar-refractivity contribution in [2.75, 3.05) is 5.75 Å². The van der Waals surface area contributed by atoms with Gasteiger partial charge in [0.15, 0.2) is 0 Å². The van der Waals surface area contributed by atoms with Crippen molar-refractivity contribution >= 4 is 17.7 Å². The van der Waals surface area contributed by atoms with Crippen LogP contribution in [0, 0.1) is 36.0 Å². The summed E-state index contributed by atoms with van der Waals surface area (Å²) in [5.74, 6) is 2.30. The maximum absolute atomic E-state index is 12.2. The predicted molar refractivity (Wildman–Crippen MR) is 91.6 cm³/mol. The smallest absolute Gasteiger partial charge is 0.346 e. The number of amides is 1. The molecule has 1 amide bonds. The number of fused-ring (bicyclic) bond motifs is 2. The monoisotopic (exact) mass is 346 g/mol. The highest BCUT2D eigenvalue weighted by molar-refractivity contribution is 8.00. The molecular formula is C17H22N4O2S. The van der Waals surface area contributed by atoms with Crippen LogP contribution in [-0.2, 0) is 4.79 Å². The summed E-state index contributed by atoms with van der Waals surface area (Å²) in [6.07, 6.45) is 5.20. The molecule has 0 aromatic carbocycles. The van der Waals surface area contributed by atoms with Crippen LogP contribution in [-0.4, -0.2) is 27.7 Å². The van der Waals surface area contributed by atoms with E-state index in [1.807, 2.05) is 6.07 Å². The van der Waals surface area contributed by atoms with Gasteiger partial charge >= 0.3 is 5.69 Å². The number of hydrogen-bond donors (Lipinski definition) is 2. The number of aromatic nitrogens is 2. The second-order valence-corrected chi connectivity index (χ2v) is 7.91. The number of hydrogen-bond acceptors (Lipinski definition) is 5. The summed E-state index contributed by atoms with van der Waals surface area (Å²) in [6, 6.07) is 2.21. The number of nitrogens with one attached hydrogen (secondary N) is 2. The minimum Gasteiger partial charge on any atom is -0.353 e. The molecule has 2 N–H and O–H groups in total. The molecule has 2 aliphatic carbocycles. The van der Waals surface area contributed by atoms with Gasteiger partial charge < -0.3 is 10.3 Å².